The lowest BCUT2D eigenvalue weighted by Gasteiger charge is -2.29. The molecule has 0 aromatic carbocycles. The summed E-state index contributed by atoms with van der Waals surface area (Å²) in [5.41, 5.74) is 1.82. The lowest BCUT2D eigenvalue weighted by Crippen LogP contribution is -2.48. The number of carboxylic acid groups (broad SMARTS) is 1. The van der Waals surface area contributed by atoms with E-state index in [4.69, 9.17) is 0 Å². The first kappa shape index (κ1) is 15.3. The molecule has 3 N–H and O–H groups in total. The summed E-state index contributed by atoms with van der Waals surface area (Å²) in [6.07, 6.45) is 5.07. The van der Waals surface area contributed by atoms with Gasteiger partial charge in [-0.05, 0) is 19.8 Å². The number of rotatable bonds is 4. The lowest BCUT2D eigenvalue weighted by molar-refractivity contribution is -0.143. The molecule has 1 aliphatic carbocycles. The van der Waals surface area contributed by atoms with Crippen LogP contribution in [-0.2, 0) is 18.4 Å². The zero-order chi connectivity index (χ0) is 15.4. The third-order valence-electron chi connectivity index (χ3n) is 3.95. The maximum absolute atomic E-state index is 11.9. The molecule has 1 saturated carbocycles. The van der Waals surface area contributed by atoms with E-state index in [1.54, 1.807) is 4.68 Å². The maximum Gasteiger partial charge on any atom is 0.315 e. The summed E-state index contributed by atoms with van der Waals surface area (Å²) in [4.78, 5) is 23.1. The third-order valence-corrected chi connectivity index (χ3v) is 3.95. The molecule has 2 unspecified atom stereocenters. The number of urea groups is 1. The number of hydrogen-bond donors (Lipinski definition) is 3. The zero-order valence-corrected chi connectivity index (χ0v) is 12.4. The Morgan fingerprint density at radius 3 is 2.76 bits per heavy atom. The fourth-order valence-corrected chi connectivity index (χ4v) is 2.82. The highest BCUT2D eigenvalue weighted by atomic mass is 16.4. The molecule has 0 saturated heterocycles. The van der Waals surface area contributed by atoms with Crippen LogP contribution >= 0.6 is 0 Å². The highest BCUT2D eigenvalue weighted by molar-refractivity contribution is 5.76. The smallest absolute Gasteiger partial charge is 0.315 e. The summed E-state index contributed by atoms with van der Waals surface area (Å²) in [6, 6.07) is -0.609. The Bertz CT molecular complexity index is 526. The average molecular weight is 294 g/mol. The van der Waals surface area contributed by atoms with Gasteiger partial charge in [-0.1, -0.05) is 12.8 Å². The van der Waals surface area contributed by atoms with E-state index in [-0.39, 0.29) is 12.1 Å². The van der Waals surface area contributed by atoms with Crippen LogP contribution in [0.25, 0.3) is 0 Å². The summed E-state index contributed by atoms with van der Waals surface area (Å²) in [5.74, 6) is -1.31. The predicted octanol–water partition coefficient (Wildman–Crippen LogP) is 1.17. The minimum absolute atomic E-state index is 0.286. The molecule has 0 spiro atoms. The van der Waals surface area contributed by atoms with Crippen LogP contribution in [0.5, 0.6) is 0 Å². The quantitative estimate of drug-likeness (QED) is 0.776. The fourth-order valence-electron chi connectivity index (χ4n) is 2.82. The number of nitrogens with zero attached hydrogens (tertiary/aromatic N) is 2. The van der Waals surface area contributed by atoms with Gasteiger partial charge >= 0.3 is 12.0 Å². The van der Waals surface area contributed by atoms with Gasteiger partial charge in [-0.2, -0.15) is 5.10 Å². The van der Waals surface area contributed by atoms with Crippen LogP contribution in [0.3, 0.4) is 0 Å². The van der Waals surface area contributed by atoms with Crippen LogP contribution in [0.2, 0.25) is 0 Å². The van der Waals surface area contributed by atoms with Crippen molar-refractivity contribution >= 4 is 12.0 Å². The normalized spacial score (nSPS) is 21.8. The molecule has 116 valence electrons. The summed E-state index contributed by atoms with van der Waals surface area (Å²) < 4.78 is 1.70. The second kappa shape index (κ2) is 6.60. The molecule has 7 nitrogen and oxygen atoms in total. The van der Waals surface area contributed by atoms with Crippen molar-refractivity contribution in [3.8, 4) is 0 Å². The fraction of sp³-hybridized carbons (Fsp3) is 0.643. The number of aryl methyl sites for hydroxylation is 2. The minimum atomic E-state index is -0.830. The molecule has 0 bridgehead atoms. The van der Waals surface area contributed by atoms with Crippen LogP contribution in [0.4, 0.5) is 4.79 Å². The minimum Gasteiger partial charge on any atom is -0.481 e. The molecule has 1 aromatic rings. The molecular formula is C14H22N4O3. The number of nitrogens with one attached hydrogen (secondary N) is 2. The van der Waals surface area contributed by atoms with Crippen molar-refractivity contribution in [2.75, 3.05) is 0 Å². The van der Waals surface area contributed by atoms with Gasteiger partial charge in [-0.25, -0.2) is 4.79 Å². The van der Waals surface area contributed by atoms with E-state index in [9.17, 15) is 14.7 Å². The van der Waals surface area contributed by atoms with E-state index in [0.29, 0.717) is 13.0 Å². The number of hydrogen-bond acceptors (Lipinski definition) is 3. The molecule has 2 rings (SSSR count). The Morgan fingerprint density at radius 1 is 1.43 bits per heavy atom. The van der Waals surface area contributed by atoms with Crippen molar-refractivity contribution in [3.63, 3.8) is 0 Å². The number of carbonyl (C=O) groups excluding carboxylic acids is 1. The van der Waals surface area contributed by atoms with Crippen LogP contribution in [-0.4, -0.2) is 32.9 Å². The number of amides is 2. The first-order chi connectivity index (χ1) is 9.97. The van der Waals surface area contributed by atoms with Crippen LogP contribution in [0, 0.1) is 12.8 Å². The third kappa shape index (κ3) is 3.96. The van der Waals surface area contributed by atoms with E-state index in [1.165, 1.54) is 0 Å². The first-order valence-corrected chi connectivity index (χ1v) is 7.23. The van der Waals surface area contributed by atoms with Gasteiger partial charge in [0.05, 0.1) is 11.6 Å². The molecular weight excluding hydrogens is 272 g/mol. The topological polar surface area (TPSA) is 96.3 Å². The number of aliphatic carboxylic acids is 1. The van der Waals surface area contributed by atoms with Crippen molar-refractivity contribution in [1.29, 1.82) is 0 Å². The molecule has 2 amide bonds. The van der Waals surface area contributed by atoms with Crippen molar-refractivity contribution < 1.29 is 14.7 Å². The molecule has 21 heavy (non-hydrogen) atoms. The predicted molar refractivity (Wildman–Crippen MR) is 76.7 cm³/mol. The Labute approximate surface area is 123 Å². The molecule has 2 atom stereocenters. The molecule has 0 aliphatic heterocycles. The standard InChI is InChI=1S/C14H22N4O3/c1-9-10(8-18(2)17-9)7-15-14(21)16-12-6-4-3-5-11(12)13(19)20/h8,11-12H,3-7H2,1-2H3,(H,19,20)(H2,15,16,21). The zero-order valence-electron chi connectivity index (χ0n) is 12.4. The molecule has 1 aliphatic rings. The van der Waals surface area contributed by atoms with E-state index in [1.807, 2.05) is 20.2 Å². The van der Waals surface area contributed by atoms with Crippen molar-refractivity contribution in [2.45, 2.75) is 45.2 Å². The summed E-state index contributed by atoms with van der Waals surface area (Å²) >= 11 is 0. The van der Waals surface area contributed by atoms with E-state index in [0.717, 1.165) is 30.5 Å². The van der Waals surface area contributed by atoms with E-state index >= 15 is 0 Å². The van der Waals surface area contributed by atoms with Gasteiger partial charge in [0, 0.05) is 31.4 Å². The molecule has 0 radical (unpaired) electrons. The highest BCUT2D eigenvalue weighted by Gasteiger charge is 2.31. The number of aromatic nitrogens is 2. The Balaban J connectivity index is 1.86. The van der Waals surface area contributed by atoms with Gasteiger partial charge in [0.1, 0.15) is 0 Å². The molecule has 1 fully saturated rings. The van der Waals surface area contributed by atoms with Gasteiger partial charge in [-0.3, -0.25) is 9.48 Å². The van der Waals surface area contributed by atoms with Crippen LogP contribution in [0.15, 0.2) is 6.20 Å². The van der Waals surface area contributed by atoms with Gasteiger partial charge in [0.2, 0.25) is 0 Å². The average Bonchev–Trinajstić information content (AvgIpc) is 2.75. The highest BCUT2D eigenvalue weighted by Crippen LogP contribution is 2.24. The number of carboxylic acids is 1. The van der Waals surface area contributed by atoms with Crippen molar-refractivity contribution in [3.05, 3.63) is 17.5 Å². The van der Waals surface area contributed by atoms with Crippen molar-refractivity contribution in [1.82, 2.24) is 20.4 Å². The second-order valence-electron chi connectivity index (χ2n) is 5.58. The maximum atomic E-state index is 11.9. The largest absolute Gasteiger partial charge is 0.481 e. The van der Waals surface area contributed by atoms with Gasteiger partial charge in [-0.15, -0.1) is 0 Å². The Morgan fingerprint density at radius 2 is 2.14 bits per heavy atom. The SMILES string of the molecule is Cc1nn(C)cc1CNC(=O)NC1CCCCC1C(=O)O. The summed E-state index contributed by atoms with van der Waals surface area (Å²) in [5, 5.41) is 18.9. The Kier molecular flexibility index (Phi) is 4.82. The van der Waals surface area contributed by atoms with Gasteiger partial charge < -0.3 is 15.7 Å². The van der Waals surface area contributed by atoms with Crippen LogP contribution in [0.1, 0.15) is 36.9 Å². The molecule has 1 heterocycles. The molecule has 7 heteroatoms. The monoisotopic (exact) mass is 294 g/mol. The van der Waals surface area contributed by atoms with Gasteiger partial charge in [0.15, 0.2) is 0 Å². The summed E-state index contributed by atoms with van der Waals surface area (Å²) in [6.45, 7) is 2.27. The number of carbonyl (C=O) groups is 2. The molecule has 1 aromatic heterocycles. The summed E-state index contributed by atoms with van der Waals surface area (Å²) in [7, 11) is 1.83. The van der Waals surface area contributed by atoms with Crippen molar-refractivity contribution in [2.24, 2.45) is 13.0 Å². The van der Waals surface area contributed by atoms with Crippen LogP contribution < -0.4 is 10.6 Å². The first-order valence-electron chi connectivity index (χ1n) is 7.23. The van der Waals surface area contributed by atoms with Gasteiger partial charge in [0.25, 0.3) is 0 Å². The van der Waals surface area contributed by atoms with E-state index < -0.39 is 11.9 Å². The second-order valence-corrected chi connectivity index (χ2v) is 5.58. The van der Waals surface area contributed by atoms with E-state index in [2.05, 4.69) is 15.7 Å². The lowest BCUT2D eigenvalue weighted by atomic mass is 9.84. The Hall–Kier alpha value is -2.05.